The summed E-state index contributed by atoms with van der Waals surface area (Å²) in [5.41, 5.74) is 8.63. The number of hydrogen-bond acceptors (Lipinski definition) is 2. The van der Waals surface area contributed by atoms with E-state index in [1.807, 2.05) is 25.1 Å². The lowest BCUT2D eigenvalue weighted by Crippen LogP contribution is -2.16. The van der Waals surface area contributed by atoms with Gasteiger partial charge in [-0.3, -0.25) is 0 Å². The minimum atomic E-state index is -4.04. The van der Waals surface area contributed by atoms with E-state index in [0.29, 0.717) is 19.5 Å². The molecule has 0 radical (unpaired) electrons. The van der Waals surface area contributed by atoms with Crippen molar-refractivity contribution < 1.29 is 13.2 Å². The quantitative estimate of drug-likeness (QED) is 0.607. The van der Waals surface area contributed by atoms with Crippen LogP contribution >= 0.6 is 0 Å². The lowest BCUT2D eigenvalue weighted by molar-refractivity contribution is -0.135. The van der Waals surface area contributed by atoms with Gasteiger partial charge in [0.25, 0.3) is 0 Å². The molecule has 0 bridgehead atoms. The molecule has 3 N–H and O–H groups in total. The van der Waals surface area contributed by atoms with Gasteiger partial charge in [-0.1, -0.05) is 12.1 Å². The van der Waals surface area contributed by atoms with Crippen molar-refractivity contribution in [3.63, 3.8) is 0 Å². The Hall–Kier alpha value is -1.23. The summed E-state index contributed by atoms with van der Waals surface area (Å²) in [6.07, 6.45) is -4.04. The molecule has 18 heavy (non-hydrogen) atoms. The lowest BCUT2D eigenvalue weighted by Gasteiger charge is -2.10. The van der Waals surface area contributed by atoms with Crippen LogP contribution in [0.1, 0.15) is 30.4 Å². The number of anilines is 1. The largest absolute Gasteiger partial charge is 0.399 e. The highest BCUT2D eigenvalue weighted by molar-refractivity contribution is 5.49. The third-order valence-electron chi connectivity index (χ3n) is 2.87. The Kier molecular flexibility index (Phi) is 5.47. The monoisotopic (exact) mass is 260 g/mol. The van der Waals surface area contributed by atoms with Gasteiger partial charge in [-0.25, -0.2) is 0 Å². The number of nitrogens with two attached hydrogens (primary N) is 1. The Labute approximate surface area is 105 Å². The maximum atomic E-state index is 11.9. The van der Waals surface area contributed by atoms with E-state index in [0.717, 1.165) is 16.8 Å². The average molecular weight is 260 g/mol. The van der Waals surface area contributed by atoms with Gasteiger partial charge in [-0.15, -0.1) is 0 Å². The lowest BCUT2D eigenvalue weighted by atomic mass is 10.1. The molecule has 0 saturated carbocycles. The third-order valence-corrected chi connectivity index (χ3v) is 2.87. The van der Waals surface area contributed by atoms with Crippen molar-refractivity contribution in [3.8, 4) is 0 Å². The van der Waals surface area contributed by atoms with Crippen molar-refractivity contribution in [1.82, 2.24) is 5.32 Å². The Morgan fingerprint density at radius 3 is 2.61 bits per heavy atom. The second-order valence-corrected chi connectivity index (χ2v) is 4.38. The molecule has 1 rings (SSSR count). The van der Waals surface area contributed by atoms with E-state index in [1.165, 1.54) is 0 Å². The van der Waals surface area contributed by atoms with Crippen LogP contribution in [0.25, 0.3) is 0 Å². The maximum Gasteiger partial charge on any atom is 0.389 e. The van der Waals surface area contributed by atoms with Crippen molar-refractivity contribution in [2.45, 2.75) is 38.9 Å². The summed E-state index contributed by atoms with van der Waals surface area (Å²) in [6, 6.07) is 5.68. The van der Waals surface area contributed by atoms with Gasteiger partial charge < -0.3 is 11.1 Å². The molecule has 5 heteroatoms. The van der Waals surface area contributed by atoms with Crippen molar-refractivity contribution in [1.29, 1.82) is 0 Å². The first-order valence-corrected chi connectivity index (χ1v) is 6.01. The number of nitrogens with one attached hydrogen (secondary N) is 1. The second-order valence-electron chi connectivity index (χ2n) is 4.38. The summed E-state index contributed by atoms with van der Waals surface area (Å²) in [4.78, 5) is 0. The van der Waals surface area contributed by atoms with Crippen LogP contribution in [0.15, 0.2) is 18.2 Å². The van der Waals surface area contributed by atoms with Gasteiger partial charge in [0.05, 0.1) is 0 Å². The molecule has 0 aliphatic rings. The van der Waals surface area contributed by atoms with Crippen LogP contribution in [0.4, 0.5) is 18.9 Å². The van der Waals surface area contributed by atoms with Crippen LogP contribution < -0.4 is 11.1 Å². The zero-order valence-corrected chi connectivity index (χ0v) is 10.5. The molecule has 102 valence electrons. The van der Waals surface area contributed by atoms with Gasteiger partial charge in [0, 0.05) is 18.7 Å². The third kappa shape index (κ3) is 5.40. The van der Waals surface area contributed by atoms with Crippen LogP contribution in [-0.4, -0.2) is 12.7 Å². The highest BCUT2D eigenvalue weighted by Crippen LogP contribution is 2.22. The number of halogens is 3. The highest BCUT2D eigenvalue weighted by Gasteiger charge is 2.25. The summed E-state index contributed by atoms with van der Waals surface area (Å²) in [5.74, 6) is 0. The molecule has 0 heterocycles. The van der Waals surface area contributed by atoms with Crippen LogP contribution in [0, 0.1) is 6.92 Å². The van der Waals surface area contributed by atoms with Crippen LogP contribution in [0.5, 0.6) is 0 Å². The second kappa shape index (κ2) is 6.64. The summed E-state index contributed by atoms with van der Waals surface area (Å²) >= 11 is 0. The van der Waals surface area contributed by atoms with E-state index >= 15 is 0 Å². The summed E-state index contributed by atoms with van der Waals surface area (Å²) in [6.45, 7) is 3.17. The van der Waals surface area contributed by atoms with Crippen LogP contribution in [0.2, 0.25) is 0 Å². The predicted molar refractivity (Wildman–Crippen MR) is 67.2 cm³/mol. The van der Waals surface area contributed by atoms with E-state index in [2.05, 4.69) is 5.32 Å². The number of rotatable bonds is 6. The average Bonchev–Trinajstić information content (AvgIpc) is 2.27. The van der Waals surface area contributed by atoms with E-state index in [4.69, 9.17) is 5.73 Å². The molecular weight excluding hydrogens is 241 g/mol. The molecule has 0 unspecified atom stereocenters. The number of unbranched alkanes of at least 4 members (excludes halogenated alkanes) is 1. The Morgan fingerprint density at radius 2 is 1.94 bits per heavy atom. The smallest absolute Gasteiger partial charge is 0.389 e. The molecule has 0 aromatic heterocycles. The molecule has 2 nitrogen and oxygen atoms in total. The topological polar surface area (TPSA) is 38.0 Å². The molecule has 0 spiro atoms. The fourth-order valence-electron chi connectivity index (χ4n) is 1.69. The SMILES string of the molecule is Cc1c(N)cccc1CNCCCCC(F)(F)F. The first-order valence-electron chi connectivity index (χ1n) is 6.01. The molecular formula is C13H19F3N2. The summed E-state index contributed by atoms with van der Waals surface area (Å²) < 4.78 is 35.7. The summed E-state index contributed by atoms with van der Waals surface area (Å²) in [5, 5.41) is 3.13. The molecule has 0 aliphatic carbocycles. The van der Waals surface area contributed by atoms with E-state index in [1.54, 1.807) is 0 Å². The normalized spacial score (nSPS) is 11.8. The van der Waals surface area contributed by atoms with E-state index in [9.17, 15) is 13.2 Å². The molecule has 0 amide bonds. The maximum absolute atomic E-state index is 11.9. The molecule has 0 saturated heterocycles. The van der Waals surface area contributed by atoms with Gasteiger partial charge in [-0.05, 0) is 43.5 Å². The zero-order chi connectivity index (χ0) is 13.6. The number of nitrogen functional groups attached to an aromatic ring is 1. The first-order chi connectivity index (χ1) is 8.40. The standard InChI is InChI=1S/C13H19F3N2/c1-10-11(5-4-6-12(10)17)9-18-8-3-2-7-13(14,15)16/h4-6,18H,2-3,7-9,17H2,1H3. The number of alkyl halides is 3. The van der Waals surface area contributed by atoms with E-state index in [-0.39, 0.29) is 6.42 Å². The fraction of sp³-hybridized carbons (Fsp3) is 0.538. The van der Waals surface area contributed by atoms with Gasteiger partial charge in [0.2, 0.25) is 0 Å². The number of hydrogen-bond donors (Lipinski definition) is 2. The summed E-state index contributed by atoms with van der Waals surface area (Å²) in [7, 11) is 0. The Morgan fingerprint density at radius 1 is 1.22 bits per heavy atom. The zero-order valence-electron chi connectivity index (χ0n) is 10.5. The van der Waals surface area contributed by atoms with Crippen molar-refractivity contribution in [2.24, 2.45) is 0 Å². The highest BCUT2D eigenvalue weighted by atomic mass is 19.4. The van der Waals surface area contributed by atoms with Crippen molar-refractivity contribution in [3.05, 3.63) is 29.3 Å². The van der Waals surface area contributed by atoms with Crippen molar-refractivity contribution >= 4 is 5.69 Å². The van der Waals surface area contributed by atoms with Gasteiger partial charge in [0.1, 0.15) is 0 Å². The van der Waals surface area contributed by atoms with Gasteiger partial charge in [-0.2, -0.15) is 13.2 Å². The minimum Gasteiger partial charge on any atom is -0.399 e. The fourth-order valence-corrected chi connectivity index (χ4v) is 1.69. The first kappa shape index (κ1) is 14.8. The molecule has 1 aromatic carbocycles. The Bertz CT molecular complexity index is 375. The molecule has 0 atom stereocenters. The van der Waals surface area contributed by atoms with Gasteiger partial charge >= 0.3 is 6.18 Å². The van der Waals surface area contributed by atoms with Crippen LogP contribution in [-0.2, 0) is 6.54 Å². The predicted octanol–water partition coefficient (Wildman–Crippen LogP) is 3.40. The van der Waals surface area contributed by atoms with Crippen molar-refractivity contribution in [2.75, 3.05) is 12.3 Å². The molecule has 0 aliphatic heterocycles. The molecule has 1 aromatic rings. The molecule has 0 fully saturated rings. The minimum absolute atomic E-state index is 0.173. The number of benzene rings is 1. The van der Waals surface area contributed by atoms with E-state index < -0.39 is 12.6 Å². The van der Waals surface area contributed by atoms with Crippen LogP contribution in [0.3, 0.4) is 0 Å². The van der Waals surface area contributed by atoms with Gasteiger partial charge in [0.15, 0.2) is 0 Å². The Balaban J connectivity index is 2.20.